The molecule has 152 valence electrons. The number of fused-ring (bicyclic) bond motifs is 1. The highest BCUT2D eigenvalue weighted by Gasteiger charge is 2.75. The highest BCUT2D eigenvalue weighted by atomic mass is 31.1. The lowest BCUT2D eigenvalue weighted by Gasteiger charge is -2.65. The number of rotatable bonds is 4. The first-order chi connectivity index (χ1) is 14.2. The zero-order valence-corrected chi connectivity index (χ0v) is 17.4. The summed E-state index contributed by atoms with van der Waals surface area (Å²) < 4.78 is 22.3. The Morgan fingerprint density at radius 3 is 2.79 bits per heavy atom. The van der Waals surface area contributed by atoms with Crippen LogP contribution < -0.4 is 4.52 Å². The molecule has 2 bridgehead atoms. The maximum atomic E-state index is 11.0. The third-order valence-corrected chi connectivity index (χ3v) is 7.70. The fraction of sp³-hybridized carbons (Fsp3) is 0.591. The summed E-state index contributed by atoms with van der Waals surface area (Å²) in [4.78, 5) is 11.9. The quantitative estimate of drug-likeness (QED) is 0.377. The molecule has 3 aliphatic carbocycles. The van der Waals surface area contributed by atoms with Gasteiger partial charge in [0, 0.05) is 24.5 Å². The van der Waals surface area contributed by atoms with E-state index in [4.69, 9.17) is 19.0 Å². The minimum atomic E-state index is -1.06. The van der Waals surface area contributed by atoms with Gasteiger partial charge < -0.3 is 9.26 Å². The Hall–Kier alpha value is -1.77. The zero-order chi connectivity index (χ0) is 20.1. The van der Waals surface area contributed by atoms with Crippen LogP contribution in [-0.2, 0) is 24.9 Å². The molecule has 4 aliphatic rings. The summed E-state index contributed by atoms with van der Waals surface area (Å²) in [5, 5.41) is 9.34. The standard InChI is InChI=1S/C22H24NO5P/c1-25-22(17-10-9-15(13-23)20(12-17)26-29-24)21(27-28-22)16-6-4-8-19(21)18-7-3-2-5-14(18)11-16/h9-10,12,16,19H,2-8,11H2,1H3. The van der Waals surface area contributed by atoms with Crippen molar-refractivity contribution in [1.29, 1.82) is 5.26 Å². The lowest BCUT2D eigenvalue weighted by molar-refractivity contribution is -0.639. The van der Waals surface area contributed by atoms with Crippen molar-refractivity contribution in [3.63, 3.8) is 0 Å². The fourth-order valence-corrected chi connectivity index (χ4v) is 6.50. The monoisotopic (exact) mass is 413 g/mol. The molecule has 1 heterocycles. The van der Waals surface area contributed by atoms with E-state index in [2.05, 4.69) is 6.07 Å². The van der Waals surface area contributed by atoms with Crippen molar-refractivity contribution in [2.75, 3.05) is 7.11 Å². The number of benzene rings is 1. The highest BCUT2D eigenvalue weighted by molar-refractivity contribution is 7.17. The second-order valence-corrected chi connectivity index (χ2v) is 8.82. The van der Waals surface area contributed by atoms with Crippen molar-refractivity contribution in [3.8, 4) is 11.8 Å². The van der Waals surface area contributed by atoms with Crippen molar-refractivity contribution in [1.82, 2.24) is 0 Å². The van der Waals surface area contributed by atoms with Gasteiger partial charge in [0.1, 0.15) is 6.07 Å². The van der Waals surface area contributed by atoms with Gasteiger partial charge in [-0.25, -0.2) is 9.45 Å². The number of nitrogens with zero attached hydrogens (tertiary/aromatic N) is 1. The molecule has 1 aromatic rings. The Bertz CT molecular complexity index is 920. The van der Waals surface area contributed by atoms with E-state index in [0.717, 1.165) is 31.2 Å². The molecule has 0 radical (unpaired) electrons. The average molecular weight is 413 g/mol. The summed E-state index contributed by atoms with van der Waals surface area (Å²) in [7, 11) is 1.14. The summed E-state index contributed by atoms with van der Waals surface area (Å²) >= 11 is 0. The number of nitriles is 1. The van der Waals surface area contributed by atoms with Gasteiger partial charge in [-0.1, -0.05) is 23.6 Å². The minimum absolute atomic E-state index is 0.252. The molecule has 1 aliphatic heterocycles. The predicted molar refractivity (Wildman–Crippen MR) is 104 cm³/mol. The molecule has 1 saturated carbocycles. The number of hydrogen-bond donors (Lipinski definition) is 0. The van der Waals surface area contributed by atoms with Gasteiger partial charge in [-0.3, -0.25) is 0 Å². The highest BCUT2D eigenvalue weighted by Crippen LogP contribution is 2.66. The van der Waals surface area contributed by atoms with E-state index in [9.17, 15) is 9.83 Å². The number of hydrogen-bond acceptors (Lipinski definition) is 6. The van der Waals surface area contributed by atoms with Crippen LogP contribution in [0.1, 0.15) is 62.5 Å². The van der Waals surface area contributed by atoms with Crippen LogP contribution in [-0.4, -0.2) is 12.7 Å². The molecular formula is C22H24NO5P. The molecule has 5 rings (SSSR count). The summed E-state index contributed by atoms with van der Waals surface area (Å²) in [5.74, 6) is -0.215. The largest absolute Gasteiger partial charge is 0.406 e. The number of methoxy groups -OCH3 is 1. The first-order valence-electron chi connectivity index (χ1n) is 10.4. The van der Waals surface area contributed by atoms with Crippen molar-refractivity contribution in [2.24, 2.45) is 11.8 Å². The van der Waals surface area contributed by atoms with E-state index in [0.29, 0.717) is 11.5 Å². The van der Waals surface area contributed by atoms with Crippen molar-refractivity contribution >= 4 is 8.69 Å². The Morgan fingerprint density at radius 2 is 2.07 bits per heavy atom. The summed E-state index contributed by atoms with van der Waals surface area (Å²) in [5.41, 5.74) is 3.67. The van der Waals surface area contributed by atoms with E-state index < -0.39 is 20.1 Å². The first kappa shape index (κ1) is 19.2. The van der Waals surface area contributed by atoms with Gasteiger partial charge in [-0.15, -0.1) is 0 Å². The van der Waals surface area contributed by atoms with Crippen molar-refractivity contribution in [3.05, 3.63) is 40.5 Å². The molecule has 0 aromatic heterocycles. The molecule has 1 aromatic carbocycles. The van der Waals surface area contributed by atoms with Gasteiger partial charge in [-0.05, 0) is 57.1 Å². The van der Waals surface area contributed by atoms with Crippen LogP contribution >= 0.6 is 8.69 Å². The summed E-state index contributed by atoms with van der Waals surface area (Å²) in [6, 6.07) is 7.28. The SMILES string of the molecule is COC1(c2ccc(C#N)c(OP=O)c2)OOC12C1CCCC2C2=C(CCCC2)C1. The molecule has 1 saturated heterocycles. The van der Waals surface area contributed by atoms with E-state index in [1.54, 1.807) is 30.4 Å². The average Bonchev–Trinajstić information content (AvgIpc) is 2.74. The summed E-state index contributed by atoms with van der Waals surface area (Å²) in [6.07, 6.45) is 9.23. The number of ether oxygens (including phenoxy) is 1. The van der Waals surface area contributed by atoms with Crippen LogP contribution in [0, 0.1) is 23.2 Å². The topological polar surface area (TPSA) is 77.8 Å². The van der Waals surface area contributed by atoms with Crippen molar-refractivity contribution in [2.45, 2.75) is 62.8 Å². The lowest BCUT2D eigenvalue weighted by atomic mass is 9.53. The predicted octanol–water partition coefficient (Wildman–Crippen LogP) is 5.33. The Labute approximate surface area is 172 Å². The van der Waals surface area contributed by atoms with Crippen LogP contribution in [0.3, 0.4) is 0 Å². The maximum absolute atomic E-state index is 11.0. The van der Waals surface area contributed by atoms with Gasteiger partial charge in [-0.2, -0.15) is 10.1 Å². The van der Waals surface area contributed by atoms with Gasteiger partial charge in [0.2, 0.25) is 0 Å². The lowest BCUT2D eigenvalue weighted by Crippen LogP contribution is -2.74. The molecule has 6 nitrogen and oxygen atoms in total. The van der Waals surface area contributed by atoms with E-state index in [1.807, 2.05) is 6.07 Å². The van der Waals surface area contributed by atoms with Gasteiger partial charge in [0.25, 0.3) is 5.79 Å². The zero-order valence-electron chi connectivity index (χ0n) is 16.5. The van der Waals surface area contributed by atoms with Crippen LogP contribution in [0.2, 0.25) is 0 Å². The molecule has 0 amide bonds. The minimum Gasteiger partial charge on any atom is -0.406 e. The fourth-order valence-electron chi connectivity index (χ4n) is 6.27. The second kappa shape index (κ2) is 7.18. The molecule has 1 spiro atoms. The Kier molecular flexibility index (Phi) is 4.75. The molecule has 2 fully saturated rings. The van der Waals surface area contributed by atoms with Crippen LogP contribution in [0.15, 0.2) is 29.3 Å². The first-order valence-corrected chi connectivity index (χ1v) is 11.1. The Morgan fingerprint density at radius 1 is 1.21 bits per heavy atom. The van der Waals surface area contributed by atoms with Crippen LogP contribution in [0.5, 0.6) is 5.75 Å². The van der Waals surface area contributed by atoms with E-state index in [-0.39, 0.29) is 11.7 Å². The van der Waals surface area contributed by atoms with E-state index in [1.165, 1.54) is 25.7 Å². The normalized spacial score (nSPS) is 35.7. The Balaban J connectivity index is 1.63. The smallest absolute Gasteiger partial charge is 0.395 e. The summed E-state index contributed by atoms with van der Waals surface area (Å²) in [6.45, 7) is 0. The molecule has 29 heavy (non-hydrogen) atoms. The second-order valence-electron chi connectivity index (χ2n) is 8.49. The molecule has 4 atom stereocenters. The number of allylic oxidation sites excluding steroid dienone is 1. The molecular weight excluding hydrogens is 389 g/mol. The van der Waals surface area contributed by atoms with Crippen LogP contribution in [0.25, 0.3) is 0 Å². The third-order valence-electron chi connectivity index (χ3n) is 7.43. The van der Waals surface area contributed by atoms with Gasteiger partial charge in [0.15, 0.2) is 11.4 Å². The third kappa shape index (κ3) is 2.52. The van der Waals surface area contributed by atoms with Crippen LogP contribution in [0.4, 0.5) is 0 Å². The van der Waals surface area contributed by atoms with Crippen molar-refractivity contribution < 1.29 is 23.6 Å². The molecule has 0 N–H and O–H groups in total. The maximum Gasteiger partial charge on any atom is 0.395 e. The molecule has 7 heteroatoms. The van der Waals surface area contributed by atoms with E-state index >= 15 is 0 Å². The van der Waals surface area contributed by atoms with Gasteiger partial charge in [0.05, 0.1) is 5.56 Å². The van der Waals surface area contributed by atoms with Gasteiger partial charge >= 0.3 is 8.69 Å². The molecule has 4 unspecified atom stereocenters.